The lowest BCUT2D eigenvalue weighted by atomic mass is 10.1. The van der Waals surface area contributed by atoms with Gasteiger partial charge in [0.2, 0.25) is 5.75 Å². The number of ether oxygens (including phenoxy) is 3. The third-order valence-corrected chi connectivity index (χ3v) is 3.85. The number of hydrazine groups is 1. The molecular formula is C18H19ClFN3O5. The summed E-state index contributed by atoms with van der Waals surface area (Å²) in [5.74, 6) is -0.877. The van der Waals surface area contributed by atoms with Crippen LogP contribution in [-0.4, -0.2) is 39.7 Å². The quantitative estimate of drug-likeness (QED) is 0.605. The van der Waals surface area contributed by atoms with Crippen LogP contribution in [0.3, 0.4) is 0 Å². The van der Waals surface area contributed by atoms with Gasteiger partial charge in [-0.15, -0.1) is 0 Å². The predicted molar refractivity (Wildman–Crippen MR) is 102 cm³/mol. The van der Waals surface area contributed by atoms with Gasteiger partial charge in [0, 0.05) is 10.6 Å². The molecule has 2 rings (SSSR count). The van der Waals surface area contributed by atoms with Gasteiger partial charge in [0.05, 0.1) is 33.6 Å². The van der Waals surface area contributed by atoms with Crippen molar-refractivity contribution in [3.05, 3.63) is 46.7 Å². The molecular weight excluding hydrogens is 393 g/mol. The summed E-state index contributed by atoms with van der Waals surface area (Å²) in [6.07, 6.45) is 0. The minimum absolute atomic E-state index is 0.107. The van der Waals surface area contributed by atoms with Crippen LogP contribution >= 0.6 is 11.6 Å². The predicted octanol–water partition coefficient (Wildman–Crippen LogP) is 2.38. The highest BCUT2D eigenvalue weighted by Crippen LogP contribution is 2.38. The number of amides is 2. The lowest BCUT2D eigenvalue weighted by Crippen LogP contribution is -2.44. The zero-order chi connectivity index (χ0) is 20.7. The Morgan fingerprint density at radius 1 is 1.00 bits per heavy atom. The molecule has 0 aliphatic rings. The number of hydrogen-bond donors (Lipinski definition) is 3. The van der Waals surface area contributed by atoms with E-state index in [9.17, 15) is 14.0 Å². The Morgan fingerprint density at radius 3 is 2.18 bits per heavy atom. The fraction of sp³-hybridized carbons (Fsp3) is 0.222. The number of carbonyl (C=O) groups excluding carboxylic acids is 2. The van der Waals surface area contributed by atoms with Gasteiger partial charge < -0.3 is 19.5 Å². The van der Waals surface area contributed by atoms with Crippen LogP contribution in [0.1, 0.15) is 10.4 Å². The molecule has 0 unspecified atom stereocenters. The third-order valence-electron chi connectivity index (χ3n) is 3.61. The fourth-order valence-electron chi connectivity index (χ4n) is 2.26. The molecule has 0 bridgehead atoms. The molecule has 0 heterocycles. The van der Waals surface area contributed by atoms with Gasteiger partial charge in [0.15, 0.2) is 11.5 Å². The molecule has 0 aliphatic heterocycles. The Kier molecular flexibility index (Phi) is 7.28. The number of rotatable bonds is 7. The highest BCUT2D eigenvalue weighted by atomic mass is 35.5. The number of anilines is 1. The molecule has 28 heavy (non-hydrogen) atoms. The van der Waals surface area contributed by atoms with Gasteiger partial charge in [0.1, 0.15) is 5.82 Å². The molecule has 0 radical (unpaired) electrons. The van der Waals surface area contributed by atoms with Gasteiger partial charge in [-0.3, -0.25) is 20.4 Å². The van der Waals surface area contributed by atoms with E-state index in [-0.39, 0.29) is 22.8 Å². The van der Waals surface area contributed by atoms with Gasteiger partial charge in [-0.2, -0.15) is 0 Å². The van der Waals surface area contributed by atoms with Crippen LogP contribution in [0.25, 0.3) is 0 Å². The first-order valence-corrected chi connectivity index (χ1v) is 8.35. The highest BCUT2D eigenvalue weighted by molar-refractivity contribution is 6.30. The fourth-order valence-corrected chi connectivity index (χ4v) is 2.42. The third kappa shape index (κ3) is 5.17. The molecule has 0 spiro atoms. The van der Waals surface area contributed by atoms with E-state index >= 15 is 0 Å². The van der Waals surface area contributed by atoms with Crippen molar-refractivity contribution in [2.24, 2.45) is 0 Å². The lowest BCUT2D eigenvalue weighted by Gasteiger charge is -2.14. The number of benzene rings is 2. The van der Waals surface area contributed by atoms with Crippen molar-refractivity contribution >= 4 is 29.1 Å². The van der Waals surface area contributed by atoms with Gasteiger partial charge in [-0.25, -0.2) is 4.39 Å². The maximum absolute atomic E-state index is 13.7. The molecule has 0 aliphatic carbocycles. The summed E-state index contributed by atoms with van der Waals surface area (Å²) < 4.78 is 29.2. The van der Waals surface area contributed by atoms with Crippen LogP contribution in [-0.2, 0) is 4.79 Å². The maximum Gasteiger partial charge on any atom is 0.269 e. The van der Waals surface area contributed by atoms with E-state index in [1.165, 1.54) is 45.6 Å². The molecule has 0 atom stereocenters. The summed E-state index contributed by atoms with van der Waals surface area (Å²) in [5, 5.41) is 2.84. The van der Waals surface area contributed by atoms with Gasteiger partial charge in [-0.05, 0) is 30.3 Å². The maximum atomic E-state index is 13.7. The van der Waals surface area contributed by atoms with Crippen molar-refractivity contribution in [2.75, 3.05) is 33.2 Å². The molecule has 0 fully saturated rings. The summed E-state index contributed by atoms with van der Waals surface area (Å²) in [6.45, 7) is -0.270. The first-order chi connectivity index (χ1) is 13.4. The first kappa shape index (κ1) is 21.1. The molecule has 0 saturated heterocycles. The van der Waals surface area contributed by atoms with Crippen LogP contribution in [0.15, 0.2) is 30.3 Å². The molecule has 3 N–H and O–H groups in total. The van der Waals surface area contributed by atoms with Crippen molar-refractivity contribution < 1.29 is 28.2 Å². The van der Waals surface area contributed by atoms with Gasteiger partial charge in [-0.1, -0.05) is 11.6 Å². The molecule has 2 aromatic carbocycles. The molecule has 150 valence electrons. The second-order valence-electron chi connectivity index (χ2n) is 5.39. The second-order valence-corrected chi connectivity index (χ2v) is 5.83. The molecule has 10 heteroatoms. The standard InChI is InChI=1S/C18H19ClFN3O5/c1-26-14-6-10(7-15(27-2)17(14)28-3)18(25)23-22-16(24)9-21-13-5-4-11(19)8-12(13)20/h4-8,21H,9H2,1-3H3,(H,22,24)(H,23,25). The van der Waals surface area contributed by atoms with Crippen LogP contribution < -0.4 is 30.4 Å². The summed E-state index contributed by atoms with van der Waals surface area (Å²) in [5.41, 5.74) is 4.76. The monoisotopic (exact) mass is 411 g/mol. The summed E-state index contributed by atoms with van der Waals surface area (Å²) in [4.78, 5) is 24.1. The molecule has 2 amide bonds. The minimum Gasteiger partial charge on any atom is -0.493 e. The minimum atomic E-state index is -0.606. The number of halogens is 2. The Bertz CT molecular complexity index is 853. The molecule has 0 aromatic heterocycles. The zero-order valence-corrected chi connectivity index (χ0v) is 16.1. The van der Waals surface area contributed by atoms with E-state index in [1.54, 1.807) is 0 Å². The molecule has 2 aromatic rings. The van der Waals surface area contributed by atoms with E-state index in [2.05, 4.69) is 16.2 Å². The van der Waals surface area contributed by atoms with E-state index in [0.717, 1.165) is 6.07 Å². The number of methoxy groups -OCH3 is 3. The van der Waals surface area contributed by atoms with E-state index in [4.69, 9.17) is 25.8 Å². The van der Waals surface area contributed by atoms with E-state index in [0.29, 0.717) is 17.2 Å². The summed E-state index contributed by atoms with van der Waals surface area (Å²) >= 11 is 5.66. The molecule has 0 saturated carbocycles. The SMILES string of the molecule is COc1cc(C(=O)NNC(=O)CNc2ccc(Cl)cc2F)cc(OC)c1OC. The Labute approximate surface area is 165 Å². The summed E-state index contributed by atoms with van der Waals surface area (Å²) in [6, 6.07) is 6.87. The zero-order valence-electron chi connectivity index (χ0n) is 15.4. The Morgan fingerprint density at radius 2 is 1.64 bits per heavy atom. The Hall–Kier alpha value is -3.20. The Balaban J connectivity index is 1.96. The van der Waals surface area contributed by atoms with Crippen molar-refractivity contribution in [1.29, 1.82) is 0 Å². The number of nitrogens with one attached hydrogen (secondary N) is 3. The van der Waals surface area contributed by atoms with Crippen molar-refractivity contribution in [3.63, 3.8) is 0 Å². The van der Waals surface area contributed by atoms with E-state index < -0.39 is 17.6 Å². The highest BCUT2D eigenvalue weighted by Gasteiger charge is 2.17. The normalized spacial score (nSPS) is 10.0. The van der Waals surface area contributed by atoms with Gasteiger partial charge >= 0.3 is 0 Å². The van der Waals surface area contributed by atoms with Crippen LogP contribution in [0, 0.1) is 5.82 Å². The van der Waals surface area contributed by atoms with Crippen molar-refractivity contribution in [1.82, 2.24) is 10.9 Å². The number of hydrogen-bond acceptors (Lipinski definition) is 6. The second kappa shape index (κ2) is 9.65. The lowest BCUT2D eigenvalue weighted by molar-refractivity contribution is -0.120. The van der Waals surface area contributed by atoms with Crippen LogP contribution in [0.4, 0.5) is 10.1 Å². The smallest absolute Gasteiger partial charge is 0.269 e. The largest absolute Gasteiger partial charge is 0.493 e. The topological polar surface area (TPSA) is 97.9 Å². The van der Waals surface area contributed by atoms with Crippen molar-refractivity contribution in [3.8, 4) is 17.2 Å². The van der Waals surface area contributed by atoms with Gasteiger partial charge in [0.25, 0.3) is 11.8 Å². The average molecular weight is 412 g/mol. The van der Waals surface area contributed by atoms with E-state index in [1.807, 2.05) is 0 Å². The first-order valence-electron chi connectivity index (χ1n) is 7.97. The van der Waals surface area contributed by atoms with Crippen LogP contribution in [0.5, 0.6) is 17.2 Å². The number of carbonyl (C=O) groups is 2. The summed E-state index contributed by atoms with van der Waals surface area (Å²) in [7, 11) is 4.28. The van der Waals surface area contributed by atoms with Crippen molar-refractivity contribution in [2.45, 2.75) is 0 Å². The average Bonchev–Trinajstić information content (AvgIpc) is 2.69. The molecule has 8 nitrogen and oxygen atoms in total. The van der Waals surface area contributed by atoms with Crippen LogP contribution in [0.2, 0.25) is 5.02 Å².